The van der Waals surface area contributed by atoms with E-state index in [0.29, 0.717) is 6.42 Å². The Morgan fingerprint density at radius 3 is 2.67 bits per heavy atom. The Kier molecular flexibility index (Phi) is 5.14. The van der Waals surface area contributed by atoms with Crippen LogP contribution in [0.2, 0.25) is 0 Å². The summed E-state index contributed by atoms with van der Waals surface area (Å²) in [6.07, 6.45) is 4.55. The fourth-order valence-corrected chi connectivity index (χ4v) is 3.37. The number of sulfone groups is 1. The number of carbonyl (C=O) groups excluding carboxylic acids is 1. The van der Waals surface area contributed by atoms with Crippen LogP contribution in [0.4, 0.5) is 10.1 Å². The summed E-state index contributed by atoms with van der Waals surface area (Å²) in [5.74, 6) is -0.551. The van der Waals surface area contributed by atoms with Gasteiger partial charge in [-0.2, -0.15) is 0 Å². The topological polar surface area (TPSA) is 76.4 Å². The molecule has 1 N–H and O–H groups in total. The Labute approximate surface area is 156 Å². The third-order valence-corrected chi connectivity index (χ3v) is 5.17. The number of para-hydroxylation sites is 1. The SMILES string of the molecule is CCc1oc2ccccc2c1/C=C/C(=O)Nc1cc(S(C)(=O)=O)ccc1F. The largest absolute Gasteiger partial charge is 0.460 e. The zero-order valence-corrected chi connectivity index (χ0v) is 15.6. The summed E-state index contributed by atoms with van der Waals surface area (Å²) >= 11 is 0. The van der Waals surface area contributed by atoms with E-state index in [0.717, 1.165) is 46.7 Å². The lowest BCUT2D eigenvalue weighted by Gasteiger charge is -2.06. The first kappa shape index (κ1) is 18.8. The molecule has 1 heterocycles. The average Bonchev–Trinajstić information content (AvgIpc) is 2.98. The molecule has 0 aliphatic carbocycles. The number of carbonyl (C=O) groups is 1. The molecule has 3 rings (SSSR count). The van der Waals surface area contributed by atoms with E-state index in [9.17, 15) is 17.6 Å². The fourth-order valence-electron chi connectivity index (χ4n) is 2.73. The van der Waals surface area contributed by atoms with Gasteiger partial charge in [0.1, 0.15) is 17.2 Å². The van der Waals surface area contributed by atoms with Gasteiger partial charge >= 0.3 is 0 Å². The van der Waals surface area contributed by atoms with E-state index in [1.807, 2.05) is 31.2 Å². The van der Waals surface area contributed by atoms with E-state index in [1.54, 1.807) is 6.08 Å². The zero-order chi connectivity index (χ0) is 19.6. The normalized spacial score (nSPS) is 12.0. The Bertz CT molecular complexity index is 1150. The summed E-state index contributed by atoms with van der Waals surface area (Å²) < 4.78 is 42.9. The molecule has 0 bridgehead atoms. The molecule has 0 radical (unpaired) electrons. The molecule has 0 unspecified atom stereocenters. The number of halogens is 1. The van der Waals surface area contributed by atoms with Crippen LogP contribution in [-0.4, -0.2) is 20.6 Å². The van der Waals surface area contributed by atoms with Gasteiger partial charge in [0.2, 0.25) is 5.91 Å². The molecule has 0 saturated heterocycles. The highest BCUT2D eigenvalue weighted by Gasteiger charge is 2.13. The molecule has 140 valence electrons. The third-order valence-electron chi connectivity index (χ3n) is 4.06. The van der Waals surface area contributed by atoms with Gasteiger partial charge in [-0.3, -0.25) is 4.79 Å². The number of rotatable bonds is 5. The minimum absolute atomic E-state index is 0.0720. The molecule has 0 spiro atoms. The predicted molar refractivity (Wildman–Crippen MR) is 103 cm³/mol. The second-order valence-corrected chi connectivity index (χ2v) is 8.04. The number of furan rings is 1. The predicted octanol–water partition coefficient (Wildman–Crippen LogP) is 4.19. The first-order chi connectivity index (χ1) is 12.8. The standard InChI is InChI=1S/C20H18FNO4S/c1-3-18-15(14-6-4-5-7-19(14)26-18)9-11-20(23)22-17-12-13(27(2,24)25)8-10-16(17)21/h4-12H,3H2,1-2H3,(H,22,23)/b11-9+. The Morgan fingerprint density at radius 1 is 1.22 bits per heavy atom. The zero-order valence-electron chi connectivity index (χ0n) is 14.8. The first-order valence-electron chi connectivity index (χ1n) is 8.28. The number of anilines is 1. The van der Waals surface area contributed by atoms with E-state index >= 15 is 0 Å². The molecule has 1 amide bonds. The number of aryl methyl sites for hydroxylation is 1. The molecule has 0 aliphatic heterocycles. The summed E-state index contributed by atoms with van der Waals surface area (Å²) in [7, 11) is -3.51. The molecular formula is C20H18FNO4S. The van der Waals surface area contributed by atoms with Crippen LogP contribution < -0.4 is 5.32 Å². The second-order valence-electron chi connectivity index (χ2n) is 6.03. The highest BCUT2D eigenvalue weighted by atomic mass is 32.2. The number of benzene rings is 2. The van der Waals surface area contributed by atoms with Gasteiger partial charge < -0.3 is 9.73 Å². The van der Waals surface area contributed by atoms with Crippen LogP contribution >= 0.6 is 0 Å². The van der Waals surface area contributed by atoms with Gasteiger partial charge in [-0.15, -0.1) is 0 Å². The van der Waals surface area contributed by atoms with Crippen molar-refractivity contribution in [3.63, 3.8) is 0 Å². The van der Waals surface area contributed by atoms with Crippen LogP contribution in [0.1, 0.15) is 18.2 Å². The Hall–Kier alpha value is -2.93. The van der Waals surface area contributed by atoms with Gasteiger partial charge in [-0.05, 0) is 30.3 Å². The number of hydrogen-bond donors (Lipinski definition) is 1. The number of fused-ring (bicyclic) bond motifs is 1. The molecule has 3 aromatic rings. The van der Waals surface area contributed by atoms with Crippen molar-refractivity contribution in [1.82, 2.24) is 0 Å². The fraction of sp³-hybridized carbons (Fsp3) is 0.150. The van der Waals surface area contributed by atoms with Gasteiger partial charge in [0.25, 0.3) is 0 Å². The summed E-state index contributed by atoms with van der Waals surface area (Å²) in [6, 6.07) is 10.7. The Morgan fingerprint density at radius 2 is 1.96 bits per heavy atom. The summed E-state index contributed by atoms with van der Waals surface area (Å²) in [5, 5.41) is 3.25. The van der Waals surface area contributed by atoms with Crippen LogP contribution in [-0.2, 0) is 21.1 Å². The first-order valence-corrected chi connectivity index (χ1v) is 10.2. The van der Waals surface area contributed by atoms with E-state index < -0.39 is 21.6 Å². The lowest BCUT2D eigenvalue weighted by Crippen LogP contribution is -2.10. The van der Waals surface area contributed by atoms with Gasteiger partial charge in [0.15, 0.2) is 9.84 Å². The second kappa shape index (κ2) is 7.36. The van der Waals surface area contributed by atoms with Crippen LogP contribution in [0.5, 0.6) is 0 Å². The average molecular weight is 387 g/mol. The number of amides is 1. The van der Waals surface area contributed by atoms with E-state index in [1.165, 1.54) is 6.08 Å². The van der Waals surface area contributed by atoms with Crippen molar-refractivity contribution in [3.8, 4) is 0 Å². The molecule has 0 atom stereocenters. The van der Waals surface area contributed by atoms with Crippen molar-refractivity contribution in [2.45, 2.75) is 18.2 Å². The van der Waals surface area contributed by atoms with E-state index in [2.05, 4.69) is 5.32 Å². The maximum absolute atomic E-state index is 13.9. The minimum Gasteiger partial charge on any atom is -0.460 e. The molecule has 5 nitrogen and oxygen atoms in total. The van der Waals surface area contributed by atoms with Gasteiger partial charge in [0, 0.05) is 29.7 Å². The highest BCUT2D eigenvalue weighted by Crippen LogP contribution is 2.27. The highest BCUT2D eigenvalue weighted by molar-refractivity contribution is 7.90. The monoisotopic (exact) mass is 387 g/mol. The van der Waals surface area contributed by atoms with Crippen LogP contribution in [0.15, 0.2) is 57.9 Å². The van der Waals surface area contributed by atoms with Crippen LogP contribution in [0.25, 0.3) is 17.0 Å². The van der Waals surface area contributed by atoms with Crippen molar-refractivity contribution in [2.24, 2.45) is 0 Å². The Balaban J connectivity index is 1.87. The summed E-state index contributed by atoms with van der Waals surface area (Å²) in [5.41, 5.74) is 1.32. The maximum atomic E-state index is 13.9. The smallest absolute Gasteiger partial charge is 0.248 e. The summed E-state index contributed by atoms with van der Waals surface area (Å²) in [6.45, 7) is 1.95. The van der Waals surface area contributed by atoms with Crippen molar-refractivity contribution < 1.29 is 22.0 Å². The molecule has 0 fully saturated rings. The van der Waals surface area contributed by atoms with E-state index in [4.69, 9.17) is 4.42 Å². The lowest BCUT2D eigenvalue weighted by molar-refractivity contribution is -0.111. The molecule has 2 aromatic carbocycles. The molecule has 0 saturated carbocycles. The minimum atomic E-state index is -3.51. The van der Waals surface area contributed by atoms with Crippen molar-refractivity contribution >= 4 is 38.5 Å². The molecular weight excluding hydrogens is 369 g/mol. The van der Waals surface area contributed by atoms with Crippen LogP contribution in [0, 0.1) is 5.82 Å². The maximum Gasteiger partial charge on any atom is 0.248 e. The third kappa shape index (κ3) is 4.09. The molecule has 0 aliphatic rings. The molecule has 27 heavy (non-hydrogen) atoms. The molecule has 7 heteroatoms. The van der Waals surface area contributed by atoms with Crippen molar-refractivity contribution in [3.05, 3.63) is 65.7 Å². The van der Waals surface area contributed by atoms with Crippen LogP contribution in [0.3, 0.4) is 0 Å². The van der Waals surface area contributed by atoms with Gasteiger partial charge in [0.05, 0.1) is 10.6 Å². The van der Waals surface area contributed by atoms with Crippen molar-refractivity contribution in [1.29, 1.82) is 0 Å². The van der Waals surface area contributed by atoms with Gasteiger partial charge in [-0.25, -0.2) is 12.8 Å². The van der Waals surface area contributed by atoms with Crippen molar-refractivity contribution in [2.75, 3.05) is 11.6 Å². The quantitative estimate of drug-likeness (QED) is 0.526. The van der Waals surface area contributed by atoms with Gasteiger partial charge in [-0.1, -0.05) is 25.1 Å². The molecule has 1 aromatic heterocycles. The number of hydrogen-bond acceptors (Lipinski definition) is 4. The summed E-state index contributed by atoms with van der Waals surface area (Å²) in [4.78, 5) is 12.1. The van der Waals surface area contributed by atoms with E-state index in [-0.39, 0.29) is 10.6 Å². The number of nitrogens with one attached hydrogen (secondary N) is 1. The lowest BCUT2D eigenvalue weighted by atomic mass is 10.1.